The van der Waals surface area contributed by atoms with E-state index in [9.17, 15) is 19.2 Å². The van der Waals surface area contributed by atoms with Gasteiger partial charge in [-0.2, -0.15) is 0 Å². The number of amides is 1. The number of H-pyrrole nitrogens is 1. The molecule has 0 aliphatic carbocycles. The molecular weight excluding hydrogens is 400 g/mol. The molecular formula is C22H30N4O5. The summed E-state index contributed by atoms with van der Waals surface area (Å²) in [6.45, 7) is 7.06. The molecule has 9 nitrogen and oxygen atoms in total. The van der Waals surface area contributed by atoms with Crippen molar-refractivity contribution in [1.82, 2.24) is 9.55 Å². The number of ether oxygens (including phenoxy) is 1. The Morgan fingerprint density at radius 2 is 1.81 bits per heavy atom. The van der Waals surface area contributed by atoms with Crippen molar-refractivity contribution in [2.75, 3.05) is 23.8 Å². The molecule has 0 bridgehead atoms. The van der Waals surface area contributed by atoms with E-state index in [1.807, 2.05) is 51.1 Å². The zero-order valence-electron chi connectivity index (χ0n) is 18.4. The molecule has 1 unspecified atom stereocenters. The quantitative estimate of drug-likeness (QED) is 0.584. The Labute approximate surface area is 180 Å². The number of carbonyl (C=O) groups excluding carboxylic acids is 2. The van der Waals surface area contributed by atoms with E-state index >= 15 is 0 Å². The Hall–Kier alpha value is -3.36. The van der Waals surface area contributed by atoms with Gasteiger partial charge in [0, 0.05) is 6.54 Å². The zero-order chi connectivity index (χ0) is 23.1. The maximum Gasteiger partial charge on any atom is 0.330 e. The largest absolute Gasteiger partial charge is 0.455 e. The van der Waals surface area contributed by atoms with Gasteiger partial charge < -0.3 is 15.4 Å². The van der Waals surface area contributed by atoms with Gasteiger partial charge in [0.1, 0.15) is 5.82 Å². The van der Waals surface area contributed by atoms with E-state index in [2.05, 4.69) is 4.98 Å². The molecule has 0 saturated heterocycles. The number of esters is 1. The first kappa shape index (κ1) is 23.9. The smallest absolute Gasteiger partial charge is 0.330 e. The molecule has 0 radical (unpaired) electrons. The van der Waals surface area contributed by atoms with Gasteiger partial charge in [0.25, 0.3) is 11.5 Å². The molecule has 2 rings (SSSR count). The highest BCUT2D eigenvalue weighted by Crippen LogP contribution is 2.19. The Balaban J connectivity index is 2.42. The molecule has 2 aromatic rings. The molecule has 0 saturated carbocycles. The second kappa shape index (κ2) is 10.6. The summed E-state index contributed by atoms with van der Waals surface area (Å²) >= 11 is 0. The summed E-state index contributed by atoms with van der Waals surface area (Å²) in [6, 6.07) is 9.13. The Bertz CT molecular complexity index is 1030. The molecule has 1 aromatic heterocycles. The molecule has 1 aromatic carbocycles. The molecule has 31 heavy (non-hydrogen) atoms. The highest BCUT2D eigenvalue weighted by atomic mass is 16.5. The predicted molar refractivity (Wildman–Crippen MR) is 119 cm³/mol. The summed E-state index contributed by atoms with van der Waals surface area (Å²) in [5.41, 5.74) is 5.45. The van der Waals surface area contributed by atoms with E-state index in [4.69, 9.17) is 10.5 Å². The van der Waals surface area contributed by atoms with Crippen LogP contribution in [0.3, 0.4) is 0 Å². The summed E-state index contributed by atoms with van der Waals surface area (Å²) < 4.78 is 6.32. The van der Waals surface area contributed by atoms with Crippen LogP contribution in [0.5, 0.6) is 0 Å². The van der Waals surface area contributed by atoms with E-state index in [1.165, 1.54) is 9.47 Å². The van der Waals surface area contributed by atoms with Crippen molar-refractivity contribution in [2.45, 2.75) is 40.7 Å². The van der Waals surface area contributed by atoms with Crippen LogP contribution < -0.4 is 21.9 Å². The fourth-order valence-electron chi connectivity index (χ4n) is 2.96. The van der Waals surface area contributed by atoms with E-state index in [0.717, 1.165) is 5.56 Å². The fraction of sp³-hybridized carbons (Fsp3) is 0.455. The van der Waals surface area contributed by atoms with Gasteiger partial charge >= 0.3 is 11.7 Å². The van der Waals surface area contributed by atoms with Crippen LogP contribution in [0.25, 0.3) is 0 Å². The Kier molecular flexibility index (Phi) is 8.18. The number of hydrogen-bond acceptors (Lipinski definition) is 6. The SMILES string of the molecule is CCC(C)C(=O)OCC(=O)N(CC(C)C)c1c(N)n(Cc2ccccc2)c(=O)[nH]c1=O. The van der Waals surface area contributed by atoms with Gasteiger partial charge in [-0.25, -0.2) is 4.79 Å². The summed E-state index contributed by atoms with van der Waals surface area (Å²) in [7, 11) is 0. The lowest BCUT2D eigenvalue weighted by atomic mass is 10.1. The number of nitrogens with two attached hydrogens (primary N) is 1. The minimum absolute atomic E-state index is 0.0116. The first-order chi connectivity index (χ1) is 14.6. The van der Waals surface area contributed by atoms with Crippen LogP contribution in [-0.2, 0) is 20.9 Å². The second-order valence-electron chi connectivity index (χ2n) is 7.88. The zero-order valence-corrected chi connectivity index (χ0v) is 18.4. The van der Waals surface area contributed by atoms with Crippen molar-refractivity contribution in [3.8, 4) is 0 Å². The van der Waals surface area contributed by atoms with Crippen molar-refractivity contribution in [3.63, 3.8) is 0 Å². The van der Waals surface area contributed by atoms with Gasteiger partial charge in [0.2, 0.25) is 0 Å². The molecule has 1 amide bonds. The monoisotopic (exact) mass is 430 g/mol. The van der Waals surface area contributed by atoms with Crippen molar-refractivity contribution in [2.24, 2.45) is 11.8 Å². The Morgan fingerprint density at radius 1 is 1.16 bits per heavy atom. The molecule has 3 N–H and O–H groups in total. The maximum atomic E-state index is 12.9. The van der Waals surface area contributed by atoms with Gasteiger partial charge in [-0.1, -0.05) is 58.0 Å². The lowest BCUT2D eigenvalue weighted by Crippen LogP contribution is -2.44. The highest BCUT2D eigenvalue weighted by molar-refractivity contribution is 5.97. The summed E-state index contributed by atoms with van der Waals surface area (Å²) in [6.07, 6.45) is 0.583. The second-order valence-corrected chi connectivity index (χ2v) is 7.88. The van der Waals surface area contributed by atoms with Gasteiger partial charge in [0.15, 0.2) is 12.3 Å². The van der Waals surface area contributed by atoms with Crippen LogP contribution in [-0.4, -0.2) is 34.6 Å². The number of rotatable bonds is 9. The molecule has 0 aliphatic heterocycles. The standard InChI is InChI=1S/C22H30N4O5/c1-5-15(4)21(29)31-13-17(27)25(11-14(2)3)18-19(23)26(22(30)24-20(18)28)12-16-9-7-6-8-10-16/h6-10,14-15H,5,11-13,23H2,1-4H3,(H,24,28,30). The van der Waals surface area contributed by atoms with E-state index in [-0.39, 0.29) is 36.4 Å². The number of aromatic amines is 1. The summed E-state index contributed by atoms with van der Waals surface area (Å²) in [5.74, 6) is -1.56. The van der Waals surface area contributed by atoms with Gasteiger partial charge in [-0.3, -0.25) is 23.9 Å². The van der Waals surface area contributed by atoms with Crippen LogP contribution >= 0.6 is 0 Å². The predicted octanol–water partition coefficient (Wildman–Crippen LogP) is 1.75. The van der Waals surface area contributed by atoms with E-state index < -0.39 is 29.7 Å². The number of nitrogen functional groups attached to an aromatic ring is 1. The topological polar surface area (TPSA) is 127 Å². The molecule has 0 spiro atoms. The van der Waals surface area contributed by atoms with Crippen molar-refractivity contribution < 1.29 is 14.3 Å². The van der Waals surface area contributed by atoms with Crippen LogP contribution in [0, 0.1) is 11.8 Å². The number of carbonyl (C=O) groups is 2. The number of anilines is 2. The van der Waals surface area contributed by atoms with E-state index in [1.54, 1.807) is 6.92 Å². The van der Waals surface area contributed by atoms with Crippen molar-refractivity contribution >= 4 is 23.4 Å². The lowest BCUT2D eigenvalue weighted by molar-refractivity contribution is -0.151. The fourth-order valence-corrected chi connectivity index (χ4v) is 2.96. The molecule has 1 heterocycles. The van der Waals surface area contributed by atoms with Gasteiger partial charge in [-0.05, 0) is 17.9 Å². The molecule has 1 atom stereocenters. The van der Waals surface area contributed by atoms with Crippen molar-refractivity contribution in [1.29, 1.82) is 0 Å². The number of nitrogens with zero attached hydrogens (tertiary/aromatic N) is 2. The third-order valence-electron chi connectivity index (χ3n) is 4.87. The van der Waals surface area contributed by atoms with Crippen LogP contribution in [0.4, 0.5) is 11.5 Å². The highest BCUT2D eigenvalue weighted by Gasteiger charge is 2.26. The first-order valence-electron chi connectivity index (χ1n) is 10.3. The number of nitrogens with one attached hydrogen (secondary N) is 1. The van der Waals surface area contributed by atoms with Crippen LogP contribution in [0.2, 0.25) is 0 Å². The Morgan fingerprint density at radius 3 is 2.39 bits per heavy atom. The normalized spacial score (nSPS) is 11.9. The van der Waals surface area contributed by atoms with E-state index in [0.29, 0.717) is 6.42 Å². The summed E-state index contributed by atoms with van der Waals surface area (Å²) in [4.78, 5) is 53.3. The van der Waals surface area contributed by atoms with Gasteiger partial charge in [0.05, 0.1) is 12.5 Å². The lowest BCUT2D eigenvalue weighted by Gasteiger charge is -2.26. The summed E-state index contributed by atoms with van der Waals surface area (Å²) in [5, 5.41) is 0. The average Bonchev–Trinajstić information content (AvgIpc) is 2.73. The minimum atomic E-state index is -0.769. The third kappa shape index (κ3) is 6.07. The average molecular weight is 431 g/mol. The molecule has 168 valence electrons. The molecule has 0 aliphatic rings. The first-order valence-corrected chi connectivity index (χ1v) is 10.3. The van der Waals surface area contributed by atoms with Crippen molar-refractivity contribution in [3.05, 3.63) is 56.7 Å². The van der Waals surface area contributed by atoms with Crippen LogP contribution in [0.1, 0.15) is 39.7 Å². The van der Waals surface area contributed by atoms with Crippen LogP contribution in [0.15, 0.2) is 39.9 Å². The molecule has 0 fully saturated rings. The number of aromatic nitrogens is 2. The maximum absolute atomic E-state index is 12.9. The molecule has 9 heteroatoms. The van der Waals surface area contributed by atoms with Gasteiger partial charge in [-0.15, -0.1) is 0 Å². The third-order valence-corrected chi connectivity index (χ3v) is 4.87. The number of benzene rings is 1. The minimum Gasteiger partial charge on any atom is -0.455 e. The number of hydrogen-bond donors (Lipinski definition) is 2.